The molecule has 2 rings (SSSR count). The minimum absolute atomic E-state index is 0.127. The van der Waals surface area contributed by atoms with Crippen molar-refractivity contribution in [1.29, 1.82) is 5.41 Å². The summed E-state index contributed by atoms with van der Waals surface area (Å²) in [6.45, 7) is 9.24. The van der Waals surface area contributed by atoms with Crippen molar-refractivity contribution in [2.24, 2.45) is 0 Å². The Bertz CT molecular complexity index is 596. The third-order valence-corrected chi connectivity index (χ3v) is 6.74. The van der Waals surface area contributed by atoms with E-state index in [1.807, 2.05) is 5.48 Å². The number of rotatable bonds is 17. The van der Waals surface area contributed by atoms with Gasteiger partial charge in [-0.1, -0.05) is 102 Å². The van der Waals surface area contributed by atoms with Gasteiger partial charge in [0, 0.05) is 39.1 Å². The lowest BCUT2D eigenvalue weighted by molar-refractivity contribution is 0.125. The van der Waals surface area contributed by atoms with Gasteiger partial charge in [-0.15, -0.1) is 0 Å². The molecule has 1 saturated heterocycles. The van der Waals surface area contributed by atoms with E-state index < -0.39 is 0 Å². The van der Waals surface area contributed by atoms with Crippen LogP contribution in [0.3, 0.4) is 0 Å². The van der Waals surface area contributed by atoms with Crippen molar-refractivity contribution in [3.8, 4) is 0 Å². The maximum absolute atomic E-state index is 8.75. The summed E-state index contributed by atoms with van der Waals surface area (Å²) in [7, 11) is 0. The van der Waals surface area contributed by atoms with Crippen LogP contribution in [0.2, 0.25) is 0 Å². The number of hydrogen-bond acceptors (Lipinski definition) is 4. The average molecular weight is 445 g/mol. The van der Waals surface area contributed by atoms with Gasteiger partial charge in [0.15, 0.2) is 0 Å². The first-order valence-electron chi connectivity index (χ1n) is 13.2. The topological polar surface area (TPSA) is 62.6 Å². The van der Waals surface area contributed by atoms with E-state index in [0.29, 0.717) is 6.42 Å². The molecule has 182 valence electrons. The van der Waals surface area contributed by atoms with Gasteiger partial charge >= 0.3 is 0 Å². The van der Waals surface area contributed by atoms with E-state index in [4.69, 9.17) is 10.6 Å². The van der Waals surface area contributed by atoms with Crippen molar-refractivity contribution in [1.82, 2.24) is 15.3 Å². The number of benzene rings is 1. The van der Waals surface area contributed by atoms with Crippen molar-refractivity contribution in [3.63, 3.8) is 0 Å². The molecule has 3 N–H and O–H groups in total. The van der Waals surface area contributed by atoms with Gasteiger partial charge in [-0.25, -0.2) is 0 Å². The molecule has 0 aliphatic carbocycles. The smallest absolute Gasteiger partial charge is 0.122 e. The lowest BCUT2D eigenvalue weighted by atomic mass is 10.1. The fourth-order valence-corrected chi connectivity index (χ4v) is 4.61. The summed E-state index contributed by atoms with van der Waals surface area (Å²) in [5, 5.41) is 16.3. The highest BCUT2D eigenvalue weighted by atomic mass is 16.5. The summed E-state index contributed by atoms with van der Waals surface area (Å²) < 4.78 is 0. The molecular formula is C27H48N4O. The molecule has 1 aliphatic heterocycles. The molecule has 0 bridgehead atoms. The Morgan fingerprint density at radius 3 is 1.75 bits per heavy atom. The summed E-state index contributed by atoms with van der Waals surface area (Å²) in [6, 6.07) is 8.42. The highest BCUT2D eigenvalue weighted by Gasteiger charge is 2.16. The maximum Gasteiger partial charge on any atom is 0.122 e. The molecule has 0 spiro atoms. The number of amidine groups is 1. The highest BCUT2D eigenvalue weighted by molar-refractivity contribution is 5.80. The van der Waals surface area contributed by atoms with Gasteiger partial charge in [0.1, 0.15) is 5.84 Å². The highest BCUT2D eigenvalue weighted by Crippen LogP contribution is 2.14. The Hall–Kier alpha value is -1.43. The minimum atomic E-state index is 0.127. The number of nitrogens with zero attached hydrogens (tertiary/aromatic N) is 2. The normalized spacial score (nSPS) is 15.2. The third kappa shape index (κ3) is 12.0. The van der Waals surface area contributed by atoms with Gasteiger partial charge in [-0.3, -0.25) is 21.0 Å². The van der Waals surface area contributed by atoms with Crippen molar-refractivity contribution >= 4 is 5.84 Å². The first-order valence-corrected chi connectivity index (χ1v) is 13.2. The average Bonchev–Trinajstić information content (AvgIpc) is 2.82. The number of hydroxylamine groups is 1. The summed E-state index contributed by atoms with van der Waals surface area (Å²) in [5.74, 6) is 0.127. The van der Waals surface area contributed by atoms with E-state index in [1.165, 1.54) is 102 Å². The molecule has 0 radical (unpaired) electrons. The van der Waals surface area contributed by atoms with Gasteiger partial charge in [0.25, 0.3) is 0 Å². The molecule has 0 unspecified atom stereocenters. The lowest BCUT2D eigenvalue weighted by Gasteiger charge is -2.34. The molecule has 0 atom stereocenters. The summed E-state index contributed by atoms with van der Waals surface area (Å²) >= 11 is 0. The molecule has 5 heteroatoms. The molecule has 0 amide bonds. The van der Waals surface area contributed by atoms with Crippen LogP contribution in [0, 0.1) is 5.41 Å². The summed E-state index contributed by atoms with van der Waals surface area (Å²) in [5.41, 5.74) is 4.28. The van der Waals surface area contributed by atoms with Gasteiger partial charge in [0.2, 0.25) is 0 Å². The molecular weight excluding hydrogens is 396 g/mol. The SMILES string of the molecule is CCCCCCCCCCCCCCN1CCN(Cc2ccc(CC(=N)NO)cc2)CC1. The van der Waals surface area contributed by atoms with E-state index in [1.54, 1.807) is 0 Å². The van der Waals surface area contributed by atoms with E-state index in [2.05, 4.69) is 41.0 Å². The first kappa shape index (κ1) is 26.8. The second kappa shape index (κ2) is 17.1. The monoisotopic (exact) mass is 444 g/mol. The number of unbranched alkanes of at least 4 members (excludes halogenated alkanes) is 11. The van der Waals surface area contributed by atoms with Crippen LogP contribution in [0.4, 0.5) is 0 Å². The van der Waals surface area contributed by atoms with Gasteiger partial charge in [-0.2, -0.15) is 0 Å². The van der Waals surface area contributed by atoms with Crippen molar-refractivity contribution in [3.05, 3.63) is 35.4 Å². The van der Waals surface area contributed by atoms with Crippen LogP contribution >= 0.6 is 0 Å². The molecule has 0 saturated carbocycles. The standard InChI is InChI=1S/C27H48N4O/c1-2-3-4-5-6-7-8-9-10-11-12-13-18-30-19-21-31(22-20-30)24-26-16-14-25(15-17-26)23-27(28)29-32/h14-17,32H,2-13,18-24H2,1H3,(H2,28,29). The maximum atomic E-state index is 8.75. The Kier molecular flexibility index (Phi) is 14.3. The quantitative estimate of drug-likeness (QED) is 0.119. The van der Waals surface area contributed by atoms with Gasteiger partial charge in [-0.05, 0) is 24.1 Å². The minimum Gasteiger partial charge on any atom is -0.301 e. The van der Waals surface area contributed by atoms with Crippen molar-refractivity contribution in [2.75, 3.05) is 32.7 Å². The van der Waals surface area contributed by atoms with Crippen LogP contribution in [-0.2, 0) is 13.0 Å². The van der Waals surface area contributed by atoms with Gasteiger partial charge in [0.05, 0.1) is 0 Å². The fourth-order valence-electron chi connectivity index (χ4n) is 4.61. The Balaban J connectivity index is 1.44. The predicted molar refractivity (Wildman–Crippen MR) is 136 cm³/mol. The van der Waals surface area contributed by atoms with Crippen LogP contribution in [-0.4, -0.2) is 53.6 Å². The second-order valence-corrected chi connectivity index (χ2v) is 9.59. The zero-order chi connectivity index (χ0) is 22.9. The molecule has 1 heterocycles. The second-order valence-electron chi connectivity index (χ2n) is 9.59. The molecule has 1 aliphatic rings. The molecule has 1 aromatic rings. The molecule has 0 aromatic heterocycles. The van der Waals surface area contributed by atoms with Crippen LogP contribution < -0.4 is 5.48 Å². The fraction of sp³-hybridized carbons (Fsp3) is 0.741. The van der Waals surface area contributed by atoms with Crippen LogP contribution in [0.25, 0.3) is 0 Å². The van der Waals surface area contributed by atoms with E-state index in [0.717, 1.165) is 25.2 Å². The summed E-state index contributed by atoms with van der Waals surface area (Å²) in [6.07, 6.45) is 17.5. The van der Waals surface area contributed by atoms with E-state index in [9.17, 15) is 0 Å². The molecule has 1 fully saturated rings. The zero-order valence-corrected chi connectivity index (χ0v) is 20.6. The Morgan fingerprint density at radius 2 is 1.22 bits per heavy atom. The predicted octanol–water partition coefficient (Wildman–Crippen LogP) is 6.00. The molecule has 32 heavy (non-hydrogen) atoms. The van der Waals surface area contributed by atoms with Crippen molar-refractivity contribution in [2.45, 2.75) is 96.9 Å². The number of piperazine rings is 1. The van der Waals surface area contributed by atoms with Crippen LogP contribution in [0.15, 0.2) is 24.3 Å². The van der Waals surface area contributed by atoms with Crippen LogP contribution in [0.1, 0.15) is 95.1 Å². The third-order valence-electron chi connectivity index (χ3n) is 6.74. The Morgan fingerprint density at radius 1 is 0.750 bits per heavy atom. The zero-order valence-electron chi connectivity index (χ0n) is 20.6. The lowest BCUT2D eigenvalue weighted by Crippen LogP contribution is -2.46. The Labute approximate surface area is 197 Å². The van der Waals surface area contributed by atoms with Crippen LogP contribution in [0.5, 0.6) is 0 Å². The largest absolute Gasteiger partial charge is 0.301 e. The van der Waals surface area contributed by atoms with Gasteiger partial charge < -0.3 is 4.90 Å². The molecule has 1 aromatic carbocycles. The van der Waals surface area contributed by atoms with E-state index in [-0.39, 0.29) is 5.84 Å². The van der Waals surface area contributed by atoms with E-state index >= 15 is 0 Å². The number of hydrogen-bond donors (Lipinski definition) is 3. The summed E-state index contributed by atoms with van der Waals surface area (Å²) in [4.78, 5) is 5.19. The first-order chi connectivity index (χ1) is 15.7. The number of nitrogens with one attached hydrogen (secondary N) is 2. The van der Waals surface area contributed by atoms with Crippen molar-refractivity contribution < 1.29 is 5.21 Å². The molecule has 5 nitrogen and oxygen atoms in total.